The molecular formula is C17H25ClN6O. The maximum Gasteiger partial charge on any atom is 0.243 e. The van der Waals surface area contributed by atoms with Gasteiger partial charge in [-0.2, -0.15) is 0 Å². The fourth-order valence-corrected chi connectivity index (χ4v) is 2.72. The van der Waals surface area contributed by atoms with Crippen LogP contribution in [0, 0.1) is 0 Å². The minimum absolute atomic E-state index is 0.0481. The van der Waals surface area contributed by atoms with E-state index in [2.05, 4.69) is 32.1 Å². The Bertz CT molecular complexity index is 633. The van der Waals surface area contributed by atoms with Crippen LogP contribution in [0.5, 0.6) is 0 Å². The Hall–Kier alpha value is -2.28. The highest BCUT2D eigenvalue weighted by Gasteiger charge is 2.25. The maximum absolute atomic E-state index is 11.7. The summed E-state index contributed by atoms with van der Waals surface area (Å²) in [5, 5.41) is 7.17. The zero-order valence-corrected chi connectivity index (χ0v) is 15.5. The van der Waals surface area contributed by atoms with Crippen LogP contribution in [0.25, 0.3) is 0 Å². The normalized spacial score (nSPS) is 17.3. The first-order valence-corrected chi connectivity index (χ1v) is 8.60. The Kier molecular flexibility index (Phi) is 7.06. The third-order valence-corrected chi connectivity index (χ3v) is 4.15. The standard InChI is InChI=1S/C17H25ClN6O/c1-4-8-20-17(21-11-15(25)23(2)3)22-13-7-10-24(12-13)16-14(18)6-5-9-19-16/h4-6,9,13H,1,7-8,10-12H2,2-3H3,(H2,20,21,22). The molecule has 1 aliphatic rings. The topological polar surface area (TPSA) is 72.9 Å². The van der Waals surface area contributed by atoms with Gasteiger partial charge in [-0.3, -0.25) is 4.79 Å². The number of aromatic nitrogens is 1. The summed E-state index contributed by atoms with van der Waals surface area (Å²) >= 11 is 6.23. The number of anilines is 1. The Morgan fingerprint density at radius 1 is 1.60 bits per heavy atom. The van der Waals surface area contributed by atoms with Gasteiger partial charge in [-0.1, -0.05) is 17.7 Å². The molecule has 2 N–H and O–H groups in total. The monoisotopic (exact) mass is 364 g/mol. The molecule has 0 spiro atoms. The minimum atomic E-state index is -0.0481. The van der Waals surface area contributed by atoms with E-state index in [9.17, 15) is 4.79 Å². The van der Waals surface area contributed by atoms with E-state index < -0.39 is 0 Å². The van der Waals surface area contributed by atoms with Gasteiger partial charge in [0.1, 0.15) is 12.4 Å². The number of nitrogens with zero attached hydrogens (tertiary/aromatic N) is 4. The molecular weight excluding hydrogens is 340 g/mol. The Morgan fingerprint density at radius 3 is 3.08 bits per heavy atom. The van der Waals surface area contributed by atoms with Crippen LogP contribution in [-0.2, 0) is 4.79 Å². The van der Waals surface area contributed by atoms with E-state index in [1.807, 2.05) is 12.1 Å². The van der Waals surface area contributed by atoms with Crippen molar-refractivity contribution in [3.63, 3.8) is 0 Å². The van der Waals surface area contributed by atoms with Crippen molar-refractivity contribution in [3.05, 3.63) is 36.0 Å². The summed E-state index contributed by atoms with van der Waals surface area (Å²) in [6.45, 7) is 6.00. The van der Waals surface area contributed by atoms with Gasteiger partial charge in [-0.15, -0.1) is 6.58 Å². The molecule has 7 nitrogen and oxygen atoms in total. The lowest BCUT2D eigenvalue weighted by Gasteiger charge is -2.20. The van der Waals surface area contributed by atoms with Crippen LogP contribution in [-0.4, -0.2) is 68.1 Å². The van der Waals surface area contributed by atoms with Crippen molar-refractivity contribution >= 4 is 29.3 Å². The summed E-state index contributed by atoms with van der Waals surface area (Å²) in [6, 6.07) is 3.86. The van der Waals surface area contributed by atoms with E-state index in [0.717, 1.165) is 25.3 Å². The van der Waals surface area contributed by atoms with E-state index in [-0.39, 0.29) is 18.5 Å². The van der Waals surface area contributed by atoms with Gasteiger partial charge in [-0.25, -0.2) is 9.98 Å². The number of hydrogen-bond donors (Lipinski definition) is 2. The highest BCUT2D eigenvalue weighted by atomic mass is 35.5. The Balaban J connectivity index is 1.97. The molecule has 1 aromatic heterocycles. The van der Waals surface area contributed by atoms with Gasteiger partial charge >= 0.3 is 0 Å². The second kappa shape index (κ2) is 9.27. The molecule has 1 atom stereocenters. The average molecular weight is 365 g/mol. The highest BCUT2D eigenvalue weighted by Crippen LogP contribution is 2.25. The minimum Gasteiger partial charge on any atom is -0.353 e. The molecule has 0 radical (unpaired) electrons. The molecule has 1 amide bonds. The van der Waals surface area contributed by atoms with E-state index in [1.165, 1.54) is 4.90 Å². The quantitative estimate of drug-likeness (QED) is 0.449. The van der Waals surface area contributed by atoms with Crippen LogP contribution in [0.2, 0.25) is 5.02 Å². The summed E-state index contributed by atoms with van der Waals surface area (Å²) in [5.41, 5.74) is 0. The third-order valence-electron chi connectivity index (χ3n) is 3.85. The lowest BCUT2D eigenvalue weighted by atomic mass is 10.3. The largest absolute Gasteiger partial charge is 0.353 e. The summed E-state index contributed by atoms with van der Waals surface area (Å²) < 4.78 is 0. The van der Waals surface area contributed by atoms with Gasteiger partial charge in [0.2, 0.25) is 5.91 Å². The number of carbonyl (C=O) groups excluding carboxylic acids is 1. The average Bonchev–Trinajstić information content (AvgIpc) is 3.05. The van der Waals surface area contributed by atoms with Crippen LogP contribution in [0.15, 0.2) is 36.0 Å². The van der Waals surface area contributed by atoms with Crippen molar-refractivity contribution in [1.82, 2.24) is 20.5 Å². The van der Waals surface area contributed by atoms with Crippen molar-refractivity contribution in [2.45, 2.75) is 12.5 Å². The van der Waals surface area contributed by atoms with Crippen molar-refractivity contribution < 1.29 is 4.79 Å². The van der Waals surface area contributed by atoms with Gasteiger partial charge < -0.3 is 20.4 Å². The Labute approximate surface area is 153 Å². The number of guanidine groups is 1. The molecule has 1 saturated heterocycles. The van der Waals surface area contributed by atoms with E-state index >= 15 is 0 Å². The van der Waals surface area contributed by atoms with Gasteiger partial charge in [0, 0.05) is 46.0 Å². The molecule has 25 heavy (non-hydrogen) atoms. The van der Waals surface area contributed by atoms with Crippen molar-refractivity contribution in [3.8, 4) is 0 Å². The molecule has 8 heteroatoms. The first kappa shape index (κ1) is 19.1. The number of aliphatic imine (C=N–C) groups is 1. The molecule has 1 aromatic rings. The molecule has 1 fully saturated rings. The predicted molar refractivity (Wildman–Crippen MR) is 102 cm³/mol. The first-order valence-electron chi connectivity index (χ1n) is 8.22. The van der Waals surface area contributed by atoms with Crippen molar-refractivity contribution in [2.75, 3.05) is 45.2 Å². The van der Waals surface area contributed by atoms with E-state index in [4.69, 9.17) is 11.6 Å². The van der Waals surface area contributed by atoms with Crippen molar-refractivity contribution in [1.29, 1.82) is 0 Å². The predicted octanol–water partition coefficient (Wildman–Crippen LogP) is 1.12. The number of nitrogens with one attached hydrogen (secondary N) is 2. The summed E-state index contributed by atoms with van der Waals surface area (Å²) in [4.78, 5) is 24.1. The van der Waals surface area contributed by atoms with Gasteiger partial charge in [0.25, 0.3) is 0 Å². The zero-order chi connectivity index (χ0) is 18.2. The van der Waals surface area contributed by atoms with Crippen LogP contribution in [0.4, 0.5) is 5.82 Å². The highest BCUT2D eigenvalue weighted by molar-refractivity contribution is 6.32. The SMILES string of the molecule is C=CCNC(=NCC(=O)N(C)C)NC1CCN(c2ncccc2Cl)C1. The molecule has 0 aromatic carbocycles. The van der Waals surface area contributed by atoms with E-state index in [0.29, 0.717) is 17.5 Å². The lowest BCUT2D eigenvalue weighted by molar-refractivity contribution is -0.127. The lowest BCUT2D eigenvalue weighted by Crippen LogP contribution is -2.45. The van der Waals surface area contributed by atoms with Crippen LogP contribution in [0.3, 0.4) is 0 Å². The van der Waals surface area contributed by atoms with Crippen LogP contribution >= 0.6 is 11.6 Å². The van der Waals surface area contributed by atoms with Gasteiger partial charge in [-0.05, 0) is 18.6 Å². The first-order chi connectivity index (χ1) is 12.0. The van der Waals surface area contributed by atoms with E-state index in [1.54, 1.807) is 26.4 Å². The number of rotatable bonds is 6. The number of likely N-dealkylation sites (N-methyl/N-ethyl adjacent to an activating group) is 1. The molecule has 136 valence electrons. The molecule has 0 aliphatic carbocycles. The Morgan fingerprint density at radius 2 is 2.40 bits per heavy atom. The molecule has 1 unspecified atom stereocenters. The number of hydrogen-bond acceptors (Lipinski definition) is 4. The molecule has 1 aliphatic heterocycles. The smallest absolute Gasteiger partial charge is 0.243 e. The van der Waals surface area contributed by atoms with Gasteiger partial charge in [0.15, 0.2) is 5.96 Å². The number of halogens is 1. The third kappa shape index (κ3) is 5.63. The molecule has 0 bridgehead atoms. The van der Waals surface area contributed by atoms with Crippen LogP contribution < -0.4 is 15.5 Å². The maximum atomic E-state index is 11.7. The number of pyridine rings is 1. The fourth-order valence-electron chi connectivity index (χ4n) is 2.48. The molecule has 0 saturated carbocycles. The van der Waals surface area contributed by atoms with Crippen molar-refractivity contribution in [2.24, 2.45) is 4.99 Å². The molecule has 2 rings (SSSR count). The fraction of sp³-hybridized carbons (Fsp3) is 0.471. The molecule has 2 heterocycles. The van der Waals surface area contributed by atoms with Gasteiger partial charge in [0.05, 0.1) is 5.02 Å². The number of amides is 1. The number of carbonyl (C=O) groups is 1. The summed E-state index contributed by atoms with van der Waals surface area (Å²) in [5.74, 6) is 1.36. The summed E-state index contributed by atoms with van der Waals surface area (Å²) in [6.07, 6.45) is 4.43. The summed E-state index contributed by atoms with van der Waals surface area (Å²) in [7, 11) is 3.43. The second-order valence-corrected chi connectivity index (χ2v) is 6.41. The van der Waals surface area contributed by atoms with Crippen LogP contribution in [0.1, 0.15) is 6.42 Å². The zero-order valence-electron chi connectivity index (χ0n) is 14.7. The second-order valence-electron chi connectivity index (χ2n) is 6.01.